The number of aliphatic hydroxyl groups excluding tert-OH is 1. The number of rotatable bonds is 7. The van der Waals surface area contributed by atoms with E-state index in [0.29, 0.717) is 23.8 Å². The minimum Gasteiger partial charge on any atom is -0.391 e. The Hall–Kier alpha value is -1.81. The van der Waals surface area contributed by atoms with Crippen LogP contribution in [0.25, 0.3) is 0 Å². The van der Waals surface area contributed by atoms with Gasteiger partial charge in [-0.15, -0.1) is 6.58 Å². The maximum atomic E-state index is 13.3. The van der Waals surface area contributed by atoms with Gasteiger partial charge in [0.05, 0.1) is 18.2 Å². The minimum atomic E-state index is -0.464. The largest absolute Gasteiger partial charge is 0.391 e. The van der Waals surface area contributed by atoms with Crippen LogP contribution in [0.5, 0.6) is 0 Å². The summed E-state index contributed by atoms with van der Waals surface area (Å²) < 4.78 is 0. The third-order valence-corrected chi connectivity index (χ3v) is 6.91. The van der Waals surface area contributed by atoms with Gasteiger partial charge >= 0.3 is 0 Å². The lowest BCUT2D eigenvalue weighted by Gasteiger charge is -2.46. The summed E-state index contributed by atoms with van der Waals surface area (Å²) in [4.78, 5) is 15.3. The zero-order valence-corrected chi connectivity index (χ0v) is 20.2. The Morgan fingerprint density at radius 3 is 2.16 bits per heavy atom. The fourth-order valence-corrected chi connectivity index (χ4v) is 4.86. The number of likely N-dealkylation sites (tertiary alicyclic amines) is 1. The average molecular weight is 474 g/mol. The molecule has 1 amide bonds. The highest BCUT2D eigenvalue weighted by atomic mass is 35.5. The van der Waals surface area contributed by atoms with Crippen LogP contribution in [-0.2, 0) is 4.79 Å². The van der Waals surface area contributed by atoms with Gasteiger partial charge in [0.15, 0.2) is 0 Å². The van der Waals surface area contributed by atoms with Crippen molar-refractivity contribution in [3.05, 3.63) is 82.9 Å². The van der Waals surface area contributed by atoms with Gasteiger partial charge in [0, 0.05) is 16.0 Å². The molecule has 1 aliphatic carbocycles. The Balaban J connectivity index is 0.000000352. The first kappa shape index (κ1) is 24.8. The van der Waals surface area contributed by atoms with Gasteiger partial charge in [-0.05, 0) is 74.3 Å². The monoisotopic (exact) mass is 473 g/mol. The number of carbonyl (C=O) groups is 1. The Morgan fingerprint density at radius 1 is 1.03 bits per heavy atom. The lowest BCUT2D eigenvalue weighted by Crippen LogP contribution is -2.54. The number of carbonyl (C=O) groups excluding carboxylic acids is 1. The fraction of sp³-hybridized carbons (Fsp3) is 0.444. The van der Waals surface area contributed by atoms with Crippen molar-refractivity contribution in [2.45, 2.75) is 63.6 Å². The van der Waals surface area contributed by atoms with E-state index >= 15 is 0 Å². The summed E-state index contributed by atoms with van der Waals surface area (Å²) in [6.07, 6.45) is 6.75. The third-order valence-electron chi connectivity index (χ3n) is 6.41. The molecular formula is C27H33Cl2NO2. The van der Waals surface area contributed by atoms with E-state index in [1.54, 1.807) is 0 Å². The van der Waals surface area contributed by atoms with Gasteiger partial charge in [-0.1, -0.05) is 66.5 Å². The summed E-state index contributed by atoms with van der Waals surface area (Å²) in [5.41, 5.74) is 1.11. The summed E-state index contributed by atoms with van der Waals surface area (Å²) in [6.45, 7) is 5.80. The highest BCUT2D eigenvalue weighted by Crippen LogP contribution is 2.45. The summed E-state index contributed by atoms with van der Waals surface area (Å²) >= 11 is 11.6. The molecule has 4 atom stereocenters. The average Bonchev–Trinajstić information content (AvgIpc) is 3.63. The van der Waals surface area contributed by atoms with Crippen LogP contribution >= 0.6 is 23.2 Å². The van der Waals surface area contributed by atoms with Crippen LogP contribution in [-0.4, -0.2) is 28.1 Å². The van der Waals surface area contributed by atoms with Crippen molar-refractivity contribution in [2.75, 3.05) is 0 Å². The van der Waals surface area contributed by atoms with Crippen molar-refractivity contribution in [1.82, 2.24) is 4.90 Å². The molecule has 5 heteroatoms. The van der Waals surface area contributed by atoms with Gasteiger partial charge in [0.25, 0.3) is 0 Å². The molecule has 0 spiro atoms. The summed E-state index contributed by atoms with van der Waals surface area (Å²) in [7, 11) is 0. The number of piperidine rings is 1. The number of benzene rings is 2. The van der Waals surface area contributed by atoms with Gasteiger partial charge in [-0.25, -0.2) is 0 Å². The first-order valence-corrected chi connectivity index (χ1v) is 12.3. The van der Waals surface area contributed by atoms with Gasteiger partial charge in [-0.3, -0.25) is 4.79 Å². The van der Waals surface area contributed by atoms with Crippen LogP contribution in [0.2, 0.25) is 10.0 Å². The van der Waals surface area contributed by atoms with Crippen molar-refractivity contribution in [2.24, 2.45) is 11.8 Å². The van der Waals surface area contributed by atoms with Crippen molar-refractivity contribution in [3.8, 4) is 0 Å². The quantitative estimate of drug-likeness (QED) is 0.436. The van der Waals surface area contributed by atoms with E-state index in [-0.39, 0.29) is 23.9 Å². The zero-order chi connectivity index (χ0) is 23.1. The maximum Gasteiger partial charge on any atom is 0.226 e. The molecule has 2 fully saturated rings. The van der Waals surface area contributed by atoms with Crippen molar-refractivity contribution in [1.29, 1.82) is 0 Å². The number of allylic oxidation sites excluding steroid dienone is 1. The minimum absolute atomic E-state index is 0.00800. The fourth-order valence-electron chi connectivity index (χ4n) is 4.59. The molecule has 4 rings (SSSR count). The topological polar surface area (TPSA) is 40.5 Å². The molecule has 3 nitrogen and oxygen atoms in total. The van der Waals surface area contributed by atoms with Crippen molar-refractivity contribution >= 4 is 29.1 Å². The molecule has 32 heavy (non-hydrogen) atoms. The molecular weight excluding hydrogens is 441 g/mol. The van der Waals surface area contributed by atoms with E-state index in [1.807, 2.05) is 72.5 Å². The van der Waals surface area contributed by atoms with E-state index in [9.17, 15) is 9.90 Å². The van der Waals surface area contributed by atoms with Gasteiger partial charge in [0.2, 0.25) is 5.91 Å². The summed E-state index contributed by atoms with van der Waals surface area (Å²) in [5, 5.41) is 12.2. The molecule has 1 N–H and O–H groups in total. The van der Waals surface area contributed by atoms with Crippen LogP contribution < -0.4 is 0 Å². The molecule has 1 aliphatic heterocycles. The summed E-state index contributed by atoms with van der Waals surface area (Å²) in [5.74, 6) is 0.595. The molecule has 172 valence electrons. The molecule has 1 saturated heterocycles. The molecule has 0 radical (unpaired) electrons. The van der Waals surface area contributed by atoms with Crippen LogP contribution in [0.1, 0.15) is 57.1 Å². The third kappa shape index (κ3) is 6.37. The second-order valence-corrected chi connectivity index (χ2v) is 9.58. The molecule has 0 aromatic heterocycles. The van der Waals surface area contributed by atoms with Crippen molar-refractivity contribution < 1.29 is 9.90 Å². The lowest BCUT2D eigenvalue weighted by molar-refractivity contribution is -0.150. The smallest absolute Gasteiger partial charge is 0.226 e. The molecule has 2 aromatic carbocycles. The number of nitrogens with zero attached hydrogens (tertiary/aromatic N) is 1. The Bertz CT molecular complexity index is 867. The molecule has 0 bridgehead atoms. The predicted octanol–water partition coefficient (Wildman–Crippen LogP) is 7.09. The van der Waals surface area contributed by atoms with Gasteiger partial charge < -0.3 is 10.0 Å². The Morgan fingerprint density at radius 2 is 1.66 bits per heavy atom. The number of amides is 1. The number of hydrogen-bond acceptors (Lipinski definition) is 2. The SMILES string of the molecule is C=CC[C@H]1CC[C@@H](c2ccc(Cl)cc2)N(C(C(O)CC)C2CC2)C1=O.Clc1ccccc1. The highest BCUT2D eigenvalue weighted by molar-refractivity contribution is 6.30. The van der Waals surface area contributed by atoms with Crippen molar-refractivity contribution in [3.63, 3.8) is 0 Å². The van der Waals surface area contributed by atoms with E-state index < -0.39 is 6.10 Å². The molecule has 2 unspecified atom stereocenters. The zero-order valence-electron chi connectivity index (χ0n) is 18.7. The lowest BCUT2D eigenvalue weighted by atomic mass is 9.83. The van der Waals surface area contributed by atoms with Gasteiger partial charge in [0.1, 0.15) is 0 Å². The summed E-state index contributed by atoms with van der Waals surface area (Å²) in [6, 6.07) is 17.2. The Labute approximate surface area is 202 Å². The van der Waals surface area contributed by atoms with Crippen LogP contribution in [0.3, 0.4) is 0 Å². The second-order valence-electron chi connectivity index (χ2n) is 8.71. The van der Waals surface area contributed by atoms with Crippen LogP contribution in [0.15, 0.2) is 67.3 Å². The van der Waals surface area contributed by atoms with E-state index in [4.69, 9.17) is 23.2 Å². The number of halogens is 2. The molecule has 2 aromatic rings. The van der Waals surface area contributed by atoms with E-state index in [0.717, 1.165) is 36.3 Å². The van der Waals surface area contributed by atoms with Crippen LogP contribution in [0, 0.1) is 11.8 Å². The maximum absolute atomic E-state index is 13.3. The molecule has 2 aliphatic rings. The van der Waals surface area contributed by atoms with Crippen LogP contribution in [0.4, 0.5) is 0 Å². The highest BCUT2D eigenvalue weighted by Gasteiger charge is 2.47. The predicted molar refractivity (Wildman–Crippen MR) is 133 cm³/mol. The first-order chi connectivity index (χ1) is 15.5. The Kier molecular flexibility index (Phi) is 9.22. The number of hydrogen-bond donors (Lipinski definition) is 1. The first-order valence-electron chi connectivity index (χ1n) is 11.5. The normalized spacial score (nSPS) is 22.5. The second kappa shape index (κ2) is 11.9. The molecule has 1 saturated carbocycles. The molecule has 1 heterocycles. The van der Waals surface area contributed by atoms with Gasteiger partial charge in [-0.2, -0.15) is 0 Å². The number of aliphatic hydroxyl groups is 1. The van der Waals surface area contributed by atoms with E-state index in [2.05, 4.69) is 6.58 Å². The van der Waals surface area contributed by atoms with E-state index in [1.165, 1.54) is 0 Å². The standard InChI is InChI=1S/C21H28ClNO2.C6H5Cl/c1-3-5-16-10-13-18(14-8-11-17(22)12-9-14)23(21(16)25)20(15-6-7-15)19(24)4-2;7-6-4-2-1-3-5-6/h3,8-9,11-12,15-16,18-20,24H,1,4-7,10,13H2,2H3;1-5H/t16-,18-,19?,20?;/m0./s1.